The van der Waals surface area contributed by atoms with E-state index in [0.29, 0.717) is 12.5 Å². The van der Waals surface area contributed by atoms with Gasteiger partial charge in [0.2, 0.25) is 5.88 Å². The summed E-state index contributed by atoms with van der Waals surface area (Å²) in [5, 5.41) is 9.34. The molecule has 0 unspecified atom stereocenters. The lowest BCUT2D eigenvalue weighted by Crippen LogP contribution is -2.03. The lowest BCUT2D eigenvalue weighted by atomic mass is 10.3. The van der Waals surface area contributed by atoms with Gasteiger partial charge in [0.25, 0.3) is 0 Å². The Kier molecular flexibility index (Phi) is 5.42. The molecule has 4 nitrogen and oxygen atoms in total. The van der Waals surface area contributed by atoms with Crippen molar-refractivity contribution >= 4 is 11.8 Å². The van der Waals surface area contributed by atoms with Gasteiger partial charge in [-0.05, 0) is 26.0 Å². The number of ether oxygens (including phenoxy) is 1. The number of nitrogens with zero attached hydrogens (tertiary/aromatic N) is 2. The van der Waals surface area contributed by atoms with Gasteiger partial charge in [0.1, 0.15) is 0 Å². The lowest BCUT2D eigenvalue weighted by Gasteiger charge is -2.07. The normalized spacial score (nSPS) is 10.3. The summed E-state index contributed by atoms with van der Waals surface area (Å²) in [6, 6.07) is 0. The fourth-order valence-corrected chi connectivity index (χ4v) is 1.37. The van der Waals surface area contributed by atoms with Crippen molar-refractivity contribution in [3.8, 4) is 5.88 Å². The SMILES string of the molecule is CSc1ncc(C)c(OCCCCO)n1. The van der Waals surface area contributed by atoms with Crippen LogP contribution in [0, 0.1) is 6.92 Å². The molecule has 1 rings (SSSR count). The molecule has 0 amide bonds. The molecule has 84 valence electrons. The number of hydrogen-bond donors (Lipinski definition) is 1. The summed E-state index contributed by atoms with van der Waals surface area (Å²) < 4.78 is 5.51. The fraction of sp³-hybridized carbons (Fsp3) is 0.600. The topological polar surface area (TPSA) is 55.2 Å². The maximum atomic E-state index is 8.62. The van der Waals surface area contributed by atoms with Crippen LogP contribution >= 0.6 is 11.8 Å². The lowest BCUT2D eigenvalue weighted by molar-refractivity contribution is 0.247. The van der Waals surface area contributed by atoms with Gasteiger partial charge in [-0.25, -0.2) is 4.98 Å². The van der Waals surface area contributed by atoms with Gasteiger partial charge in [0.15, 0.2) is 5.16 Å². The van der Waals surface area contributed by atoms with Gasteiger partial charge in [-0.2, -0.15) is 4.98 Å². The number of aryl methyl sites for hydroxylation is 1. The van der Waals surface area contributed by atoms with Crippen molar-refractivity contribution in [1.82, 2.24) is 9.97 Å². The largest absolute Gasteiger partial charge is 0.477 e. The first-order chi connectivity index (χ1) is 7.27. The van der Waals surface area contributed by atoms with Crippen LogP contribution in [0.1, 0.15) is 18.4 Å². The highest BCUT2D eigenvalue weighted by Crippen LogP contribution is 2.17. The van der Waals surface area contributed by atoms with Crippen molar-refractivity contribution in [1.29, 1.82) is 0 Å². The van der Waals surface area contributed by atoms with Crippen molar-refractivity contribution < 1.29 is 9.84 Å². The third-order valence-electron chi connectivity index (χ3n) is 1.88. The van der Waals surface area contributed by atoms with Gasteiger partial charge in [0.05, 0.1) is 6.61 Å². The Morgan fingerprint density at radius 2 is 2.27 bits per heavy atom. The number of rotatable bonds is 6. The van der Waals surface area contributed by atoms with Gasteiger partial charge in [0, 0.05) is 18.4 Å². The van der Waals surface area contributed by atoms with E-state index in [0.717, 1.165) is 23.6 Å². The zero-order valence-corrected chi connectivity index (χ0v) is 9.88. The van der Waals surface area contributed by atoms with E-state index < -0.39 is 0 Å². The number of thioether (sulfide) groups is 1. The van der Waals surface area contributed by atoms with Crippen LogP contribution in [0.15, 0.2) is 11.4 Å². The molecule has 0 aliphatic carbocycles. The summed E-state index contributed by atoms with van der Waals surface area (Å²) in [4.78, 5) is 8.39. The molecule has 0 radical (unpaired) electrons. The highest BCUT2D eigenvalue weighted by Gasteiger charge is 2.03. The molecule has 1 aromatic heterocycles. The van der Waals surface area contributed by atoms with Crippen molar-refractivity contribution in [3.05, 3.63) is 11.8 Å². The van der Waals surface area contributed by atoms with Gasteiger partial charge in [-0.3, -0.25) is 0 Å². The molecule has 0 atom stereocenters. The van der Waals surface area contributed by atoms with Crippen LogP contribution in [0.5, 0.6) is 5.88 Å². The van der Waals surface area contributed by atoms with E-state index in [1.807, 2.05) is 13.2 Å². The second-order valence-corrected chi connectivity index (χ2v) is 3.90. The van der Waals surface area contributed by atoms with E-state index in [1.165, 1.54) is 11.8 Å². The summed E-state index contributed by atoms with van der Waals surface area (Å²) in [5.41, 5.74) is 0.941. The Hall–Kier alpha value is -0.810. The highest BCUT2D eigenvalue weighted by molar-refractivity contribution is 7.98. The van der Waals surface area contributed by atoms with Crippen LogP contribution < -0.4 is 4.74 Å². The van der Waals surface area contributed by atoms with Crippen molar-refractivity contribution in [2.75, 3.05) is 19.5 Å². The maximum Gasteiger partial charge on any atom is 0.220 e. The molecular weight excluding hydrogens is 212 g/mol. The Morgan fingerprint density at radius 3 is 2.93 bits per heavy atom. The Bertz CT molecular complexity index is 307. The van der Waals surface area contributed by atoms with E-state index >= 15 is 0 Å². The van der Waals surface area contributed by atoms with Crippen molar-refractivity contribution in [3.63, 3.8) is 0 Å². The minimum absolute atomic E-state index is 0.210. The van der Waals surface area contributed by atoms with E-state index in [9.17, 15) is 0 Å². The number of aliphatic hydroxyl groups is 1. The molecule has 0 saturated heterocycles. The molecular formula is C10H16N2O2S. The predicted octanol–water partition coefficient (Wildman–Crippen LogP) is 1.66. The second kappa shape index (κ2) is 6.63. The molecule has 0 fully saturated rings. The first-order valence-corrected chi connectivity index (χ1v) is 6.11. The fourth-order valence-electron chi connectivity index (χ4n) is 1.04. The van der Waals surface area contributed by atoms with E-state index in [-0.39, 0.29) is 6.61 Å². The average Bonchev–Trinajstić information content (AvgIpc) is 2.26. The molecule has 5 heteroatoms. The summed E-state index contributed by atoms with van der Waals surface area (Å²) in [6.45, 7) is 2.72. The van der Waals surface area contributed by atoms with E-state index in [1.54, 1.807) is 6.20 Å². The van der Waals surface area contributed by atoms with Crippen LogP contribution in [-0.4, -0.2) is 34.5 Å². The minimum atomic E-state index is 0.210. The molecule has 15 heavy (non-hydrogen) atoms. The summed E-state index contributed by atoms with van der Waals surface area (Å²) in [6.07, 6.45) is 5.30. The minimum Gasteiger partial charge on any atom is -0.477 e. The predicted molar refractivity (Wildman–Crippen MR) is 60.4 cm³/mol. The van der Waals surface area contributed by atoms with Gasteiger partial charge in [-0.1, -0.05) is 11.8 Å². The average molecular weight is 228 g/mol. The first-order valence-electron chi connectivity index (χ1n) is 4.89. The zero-order chi connectivity index (χ0) is 11.1. The van der Waals surface area contributed by atoms with E-state index in [2.05, 4.69) is 9.97 Å². The van der Waals surface area contributed by atoms with Gasteiger partial charge >= 0.3 is 0 Å². The molecule has 0 aliphatic rings. The third-order valence-corrected chi connectivity index (χ3v) is 2.44. The summed E-state index contributed by atoms with van der Waals surface area (Å²) in [7, 11) is 0. The Balaban J connectivity index is 2.51. The number of unbranched alkanes of at least 4 members (excludes halogenated alkanes) is 1. The van der Waals surface area contributed by atoms with E-state index in [4.69, 9.17) is 9.84 Å². The van der Waals surface area contributed by atoms with Gasteiger partial charge in [-0.15, -0.1) is 0 Å². The van der Waals surface area contributed by atoms with Crippen LogP contribution in [0.25, 0.3) is 0 Å². The van der Waals surface area contributed by atoms with Crippen LogP contribution in [-0.2, 0) is 0 Å². The second-order valence-electron chi connectivity index (χ2n) is 3.12. The van der Waals surface area contributed by atoms with Gasteiger partial charge < -0.3 is 9.84 Å². The summed E-state index contributed by atoms with van der Waals surface area (Å²) >= 11 is 1.49. The molecule has 1 heterocycles. The number of aromatic nitrogens is 2. The monoisotopic (exact) mass is 228 g/mol. The molecule has 0 saturated carbocycles. The highest BCUT2D eigenvalue weighted by atomic mass is 32.2. The van der Waals surface area contributed by atoms with Crippen LogP contribution in [0.3, 0.4) is 0 Å². The third kappa shape index (κ3) is 4.05. The standard InChI is InChI=1S/C10H16N2O2S/c1-8-7-11-10(15-2)12-9(8)14-6-4-3-5-13/h7,13H,3-6H2,1-2H3. The van der Waals surface area contributed by atoms with Crippen molar-refractivity contribution in [2.24, 2.45) is 0 Å². The summed E-state index contributed by atoms with van der Waals surface area (Å²) in [5.74, 6) is 0.646. The molecule has 0 aliphatic heterocycles. The smallest absolute Gasteiger partial charge is 0.220 e. The number of hydrogen-bond acceptors (Lipinski definition) is 5. The van der Waals surface area contributed by atoms with Crippen molar-refractivity contribution in [2.45, 2.75) is 24.9 Å². The Morgan fingerprint density at radius 1 is 1.47 bits per heavy atom. The zero-order valence-electron chi connectivity index (χ0n) is 9.06. The quantitative estimate of drug-likeness (QED) is 0.456. The molecule has 1 N–H and O–H groups in total. The molecule has 0 spiro atoms. The molecule has 0 aromatic carbocycles. The maximum absolute atomic E-state index is 8.62. The first kappa shape index (κ1) is 12.3. The van der Waals surface area contributed by atoms with Crippen LogP contribution in [0.2, 0.25) is 0 Å². The Labute approximate surface area is 94.1 Å². The molecule has 1 aromatic rings. The van der Waals surface area contributed by atoms with Crippen LogP contribution in [0.4, 0.5) is 0 Å². The molecule has 0 bridgehead atoms. The number of aliphatic hydroxyl groups excluding tert-OH is 1.